The second-order valence-electron chi connectivity index (χ2n) is 4.94. The fourth-order valence-electron chi connectivity index (χ4n) is 2.18. The van der Waals surface area contributed by atoms with E-state index in [1.807, 2.05) is 13.0 Å². The molecular formula is C14H19ClN2O2. The van der Waals surface area contributed by atoms with Crippen LogP contribution in [-0.4, -0.2) is 36.5 Å². The lowest BCUT2D eigenvalue weighted by Crippen LogP contribution is -2.47. The molecule has 0 spiro atoms. The van der Waals surface area contributed by atoms with Crippen LogP contribution < -0.4 is 10.5 Å². The second-order valence-corrected chi connectivity index (χ2v) is 5.35. The van der Waals surface area contributed by atoms with Crippen LogP contribution >= 0.6 is 11.6 Å². The summed E-state index contributed by atoms with van der Waals surface area (Å²) in [4.78, 5) is 13.8. The van der Waals surface area contributed by atoms with Crippen LogP contribution in [-0.2, 0) is 4.79 Å². The van der Waals surface area contributed by atoms with Crippen molar-refractivity contribution in [2.75, 3.05) is 19.7 Å². The Morgan fingerprint density at radius 2 is 2.37 bits per heavy atom. The molecule has 1 aliphatic heterocycles. The smallest absolute Gasteiger partial charge is 0.260 e. The Balaban J connectivity index is 1.87. The molecule has 2 N–H and O–H groups in total. The Morgan fingerprint density at radius 1 is 1.58 bits per heavy atom. The molecule has 1 atom stereocenters. The van der Waals surface area contributed by atoms with Crippen molar-refractivity contribution in [3.63, 3.8) is 0 Å². The molecule has 0 saturated carbocycles. The minimum atomic E-state index is -0.0113. The Bertz CT molecular complexity index is 465. The molecule has 0 radical (unpaired) electrons. The first-order valence-corrected chi connectivity index (χ1v) is 6.86. The van der Waals surface area contributed by atoms with E-state index >= 15 is 0 Å². The number of benzene rings is 1. The van der Waals surface area contributed by atoms with E-state index in [4.69, 9.17) is 22.1 Å². The van der Waals surface area contributed by atoms with E-state index in [1.165, 1.54) is 0 Å². The van der Waals surface area contributed by atoms with Crippen molar-refractivity contribution >= 4 is 17.5 Å². The molecule has 4 nitrogen and oxygen atoms in total. The summed E-state index contributed by atoms with van der Waals surface area (Å²) in [6.07, 6.45) is 1.95. The maximum atomic E-state index is 12.0. The summed E-state index contributed by atoms with van der Waals surface area (Å²) in [6, 6.07) is 5.46. The van der Waals surface area contributed by atoms with Gasteiger partial charge in [0.05, 0.1) is 0 Å². The summed E-state index contributed by atoms with van der Waals surface area (Å²) in [6.45, 7) is 3.35. The van der Waals surface area contributed by atoms with Crippen molar-refractivity contribution in [2.24, 2.45) is 5.73 Å². The van der Waals surface area contributed by atoms with Gasteiger partial charge in [0.15, 0.2) is 6.61 Å². The maximum Gasteiger partial charge on any atom is 0.260 e. The second kappa shape index (κ2) is 6.26. The van der Waals surface area contributed by atoms with E-state index in [-0.39, 0.29) is 18.6 Å². The standard InChI is InChI=1S/C14H19ClN2O2/c1-10-7-12(4-5-13(10)15)19-9-14(18)17-6-2-3-11(16)8-17/h4-5,7,11H,2-3,6,8-9,16H2,1H3. The molecule has 0 aliphatic carbocycles. The lowest BCUT2D eigenvalue weighted by molar-refractivity contribution is -0.134. The summed E-state index contributed by atoms with van der Waals surface area (Å²) in [7, 11) is 0. The van der Waals surface area contributed by atoms with E-state index in [9.17, 15) is 4.79 Å². The molecule has 1 heterocycles. The number of carbonyl (C=O) groups is 1. The summed E-state index contributed by atoms with van der Waals surface area (Å²) in [5, 5.41) is 0.695. The third-order valence-electron chi connectivity index (χ3n) is 3.30. The normalized spacial score (nSPS) is 19.3. The molecule has 1 fully saturated rings. The van der Waals surface area contributed by atoms with Crippen molar-refractivity contribution in [1.82, 2.24) is 4.90 Å². The van der Waals surface area contributed by atoms with Gasteiger partial charge in [0.25, 0.3) is 5.91 Å². The van der Waals surface area contributed by atoms with E-state index in [2.05, 4.69) is 0 Å². The first kappa shape index (κ1) is 14.2. The van der Waals surface area contributed by atoms with Gasteiger partial charge in [-0.2, -0.15) is 0 Å². The fourth-order valence-corrected chi connectivity index (χ4v) is 2.30. The molecule has 1 aromatic carbocycles. The van der Waals surface area contributed by atoms with Crippen molar-refractivity contribution in [3.05, 3.63) is 28.8 Å². The number of nitrogens with two attached hydrogens (primary N) is 1. The van der Waals surface area contributed by atoms with Crippen molar-refractivity contribution in [3.8, 4) is 5.75 Å². The van der Waals surface area contributed by atoms with E-state index < -0.39 is 0 Å². The van der Waals surface area contributed by atoms with Crippen LogP contribution in [0, 0.1) is 6.92 Å². The number of likely N-dealkylation sites (tertiary alicyclic amines) is 1. The van der Waals surface area contributed by atoms with E-state index in [0.29, 0.717) is 17.3 Å². The van der Waals surface area contributed by atoms with Gasteiger partial charge in [-0.1, -0.05) is 11.6 Å². The van der Waals surface area contributed by atoms with Gasteiger partial charge in [-0.05, 0) is 43.5 Å². The van der Waals surface area contributed by atoms with E-state index in [0.717, 1.165) is 24.9 Å². The molecule has 19 heavy (non-hydrogen) atoms. The molecule has 5 heteroatoms. The lowest BCUT2D eigenvalue weighted by atomic mass is 10.1. The number of ether oxygens (including phenoxy) is 1. The highest BCUT2D eigenvalue weighted by Crippen LogP contribution is 2.21. The third kappa shape index (κ3) is 3.85. The zero-order valence-electron chi connectivity index (χ0n) is 11.1. The lowest BCUT2D eigenvalue weighted by Gasteiger charge is -2.30. The number of rotatable bonds is 3. The SMILES string of the molecule is Cc1cc(OCC(=O)N2CCCC(N)C2)ccc1Cl. The monoisotopic (exact) mass is 282 g/mol. The van der Waals surface area contributed by atoms with Crippen LogP contribution in [0.15, 0.2) is 18.2 Å². The van der Waals surface area contributed by atoms with Gasteiger partial charge in [-0.15, -0.1) is 0 Å². The van der Waals surface area contributed by atoms with Gasteiger partial charge in [-0.3, -0.25) is 4.79 Å². The number of piperidine rings is 1. The number of aryl methyl sites for hydroxylation is 1. The number of carbonyl (C=O) groups excluding carboxylic acids is 1. The number of halogens is 1. The topological polar surface area (TPSA) is 55.6 Å². The molecule has 0 bridgehead atoms. The molecule has 1 aromatic rings. The summed E-state index contributed by atoms with van der Waals surface area (Å²) < 4.78 is 5.50. The minimum absolute atomic E-state index is 0.0113. The number of hydrogen-bond donors (Lipinski definition) is 1. The Hall–Kier alpha value is -1.26. The van der Waals surface area contributed by atoms with Gasteiger partial charge in [0.2, 0.25) is 0 Å². The van der Waals surface area contributed by atoms with Crippen LogP contribution in [0.25, 0.3) is 0 Å². The zero-order valence-corrected chi connectivity index (χ0v) is 11.8. The van der Waals surface area contributed by atoms with Gasteiger partial charge in [-0.25, -0.2) is 0 Å². The van der Waals surface area contributed by atoms with Crippen molar-refractivity contribution < 1.29 is 9.53 Å². The number of amides is 1. The molecule has 1 saturated heterocycles. The van der Waals surface area contributed by atoms with Crippen LogP contribution in [0.2, 0.25) is 5.02 Å². The molecule has 1 unspecified atom stereocenters. The molecule has 1 aliphatic rings. The molecule has 104 valence electrons. The fraction of sp³-hybridized carbons (Fsp3) is 0.500. The van der Waals surface area contributed by atoms with Crippen LogP contribution in [0.5, 0.6) is 5.75 Å². The van der Waals surface area contributed by atoms with Crippen LogP contribution in [0.4, 0.5) is 0 Å². The average Bonchev–Trinajstić information content (AvgIpc) is 2.40. The summed E-state index contributed by atoms with van der Waals surface area (Å²) in [5.41, 5.74) is 6.79. The van der Waals surface area contributed by atoms with Gasteiger partial charge in [0.1, 0.15) is 5.75 Å². The van der Waals surface area contributed by atoms with E-state index in [1.54, 1.807) is 17.0 Å². The Kier molecular flexibility index (Phi) is 4.66. The van der Waals surface area contributed by atoms with Crippen molar-refractivity contribution in [2.45, 2.75) is 25.8 Å². The summed E-state index contributed by atoms with van der Waals surface area (Å²) in [5.74, 6) is 0.652. The highest BCUT2D eigenvalue weighted by atomic mass is 35.5. The molecule has 0 aromatic heterocycles. The Labute approximate surface area is 118 Å². The highest BCUT2D eigenvalue weighted by molar-refractivity contribution is 6.31. The minimum Gasteiger partial charge on any atom is -0.484 e. The molecular weight excluding hydrogens is 264 g/mol. The molecule has 1 amide bonds. The first-order chi connectivity index (χ1) is 9.06. The largest absolute Gasteiger partial charge is 0.484 e. The molecule has 2 rings (SSSR count). The first-order valence-electron chi connectivity index (χ1n) is 6.48. The quantitative estimate of drug-likeness (QED) is 0.922. The van der Waals surface area contributed by atoms with Crippen LogP contribution in [0.3, 0.4) is 0 Å². The highest BCUT2D eigenvalue weighted by Gasteiger charge is 2.21. The predicted molar refractivity (Wildman–Crippen MR) is 75.5 cm³/mol. The summed E-state index contributed by atoms with van der Waals surface area (Å²) >= 11 is 5.94. The average molecular weight is 283 g/mol. The number of nitrogens with zero attached hydrogens (tertiary/aromatic N) is 1. The maximum absolute atomic E-state index is 12.0. The van der Waals surface area contributed by atoms with Gasteiger partial charge >= 0.3 is 0 Å². The van der Waals surface area contributed by atoms with Crippen molar-refractivity contribution in [1.29, 1.82) is 0 Å². The van der Waals surface area contributed by atoms with Crippen LogP contribution in [0.1, 0.15) is 18.4 Å². The number of hydrogen-bond acceptors (Lipinski definition) is 3. The van der Waals surface area contributed by atoms with Gasteiger partial charge < -0.3 is 15.4 Å². The Morgan fingerprint density at radius 3 is 3.05 bits per heavy atom. The van der Waals surface area contributed by atoms with Gasteiger partial charge in [0, 0.05) is 24.2 Å². The predicted octanol–water partition coefficient (Wildman–Crippen LogP) is 1.98. The third-order valence-corrected chi connectivity index (χ3v) is 3.73. The zero-order chi connectivity index (χ0) is 13.8.